The quantitative estimate of drug-likeness (QED) is 0.889. The van der Waals surface area contributed by atoms with Gasteiger partial charge in [-0.2, -0.15) is 0 Å². The smallest absolute Gasteiger partial charge is 0.0718 e. The van der Waals surface area contributed by atoms with E-state index < -0.39 is 5.60 Å². The average molecular weight is 299 g/mol. The van der Waals surface area contributed by atoms with Gasteiger partial charge < -0.3 is 15.1 Å². The summed E-state index contributed by atoms with van der Waals surface area (Å²) in [5, 5.41) is 19.6. The highest BCUT2D eigenvalue weighted by Gasteiger charge is 2.23. The number of aliphatic hydroxyl groups is 2. The highest BCUT2D eigenvalue weighted by molar-refractivity contribution is 6.31. The molecule has 0 unspecified atom stereocenters. The summed E-state index contributed by atoms with van der Waals surface area (Å²) in [5.74, 6) is 0. The first-order valence-electron chi connectivity index (χ1n) is 6.98. The van der Waals surface area contributed by atoms with Gasteiger partial charge in [0.2, 0.25) is 0 Å². The van der Waals surface area contributed by atoms with Gasteiger partial charge in [-0.05, 0) is 31.5 Å². The van der Waals surface area contributed by atoms with E-state index in [1.807, 2.05) is 32.0 Å². The second-order valence-electron chi connectivity index (χ2n) is 6.01. The minimum Gasteiger partial charge on any atom is -0.392 e. The minimum absolute atomic E-state index is 0.0293. The van der Waals surface area contributed by atoms with E-state index in [-0.39, 0.29) is 6.61 Å². The maximum Gasteiger partial charge on any atom is 0.0718 e. The molecule has 4 nitrogen and oxygen atoms in total. The van der Waals surface area contributed by atoms with Crippen molar-refractivity contribution in [2.45, 2.75) is 26.1 Å². The summed E-state index contributed by atoms with van der Waals surface area (Å²) in [5.41, 5.74) is 1.21. The van der Waals surface area contributed by atoms with Gasteiger partial charge in [0.1, 0.15) is 0 Å². The molecule has 0 radical (unpaired) electrons. The van der Waals surface area contributed by atoms with E-state index in [4.69, 9.17) is 16.7 Å². The van der Waals surface area contributed by atoms with Gasteiger partial charge in [0.15, 0.2) is 0 Å². The Bertz CT molecular complexity index is 452. The molecule has 0 atom stereocenters. The molecule has 112 valence electrons. The summed E-state index contributed by atoms with van der Waals surface area (Å²) in [7, 11) is 0. The van der Waals surface area contributed by atoms with Gasteiger partial charge in [-0.25, -0.2) is 0 Å². The van der Waals surface area contributed by atoms with Gasteiger partial charge in [0, 0.05) is 43.4 Å². The van der Waals surface area contributed by atoms with Crippen molar-refractivity contribution in [3.63, 3.8) is 0 Å². The van der Waals surface area contributed by atoms with Crippen molar-refractivity contribution in [3.05, 3.63) is 28.8 Å². The molecule has 1 aliphatic heterocycles. The highest BCUT2D eigenvalue weighted by atomic mass is 35.5. The van der Waals surface area contributed by atoms with Crippen molar-refractivity contribution in [3.8, 4) is 0 Å². The second-order valence-corrected chi connectivity index (χ2v) is 6.42. The van der Waals surface area contributed by atoms with E-state index in [0.717, 1.165) is 37.4 Å². The summed E-state index contributed by atoms with van der Waals surface area (Å²) in [6.07, 6.45) is 0. The molecule has 0 aliphatic carbocycles. The van der Waals surface area contributed by atoms with Crippen molar-refractivity contribution in [1.29, 1.82) is 0 Å². The minimum atomic E-state index is -0.645. The largest absolute Gasteiger partial charge is 0.392 e. The number of hydrogen-bond donors (Lipinski definition) is 2. The maximum atomic E-state index is 9.85. The van der Waals surface area contributed by atoms with Crippen molar-refractivity contribution in [1.82, 2.24) is 4.90 Å². The molecular weight excluding hydrogens is 276 g/mol. The van der Waals surface area contributed by atoms with Crippen LogP contribution in [0.2, 0.25) is 5.02 Å². The fourth-order valence-electron chi connectivity index (χ4n) is 2.57. The first-order valence-corrected chi connectivity index (χ1v) is 7.36. The zero-order chi connectivity index (χ0) is 14.8. The Balaban J connectivity index is 1.95. The molecular formula is C15H23ClN2O2. The summed E-state index contributed by atoms with van der Waals surface area (Å²) in [4.78, 5) is 4.56. The second kappa shape index (κ2) is 6.31. The number of benzene rings is 1. The zero-order valence-corrected chi connectivity index (χ0v) is 12.9. The SMILES string of the molecule is CC(C)(O)CN1CCN(c2ccc(CO)c(Cl)c2)CC1. The lowest BCUT2D eigenvalue weighted by atomic mass is 10.1. The van der Waals surface area contributed by atoms with Crippen LogP contribution in [-0.4, -0.2) is 53.4 Å². The number of rotatable bonds is 4. The lowest BCUT2D eigenvalue weighted by Crippen LogP contribution is -2.50. The molecule has 5 heteroatoms. The zero-order valence-electron chi connectivity index (χ0n) is 12.1. The predicted octanol–water partition coefficient (Wildman–Crippen LogP) is 1.73. The highest BCUT2D eigenvalue weighted by Crippen LogP contribution is 2.25. The Hall–Kier alpha value is -0.810. The predicted molar refractivity (Wildman–Crippen MR) is 82.3 cm³/mol. The van der Waals surface area contributed by atoms with Gasteiger partial charge in [-0.3, -0.25) is 4.90 Å². The van der Waals surface area contributed by atoms with Crippen LogP contribution >= 0.6 is 11.6 Å². The number of nitrogens with zero attached hydrogens (tertiary/aromatic N) is 2. The van der Waals surface area contributed by atoms with Crippen molar-refractivity contribution >= 4 is 17.3 Å². The molecule has 0 spiro atoms. The summed E-state index contributed by atoms with van der Waals surface area (Å²) < 4.78 is 0. The average Bonchev–Trinajstić information content (AvgIpc) is 2.37. The third-order valence-electron chi connectivity index (χ3n) is 3.55. The first kappa shape index (κ1) is 15.6. The van der Waals surface area contributed by atoms with Crippen LogP contribution in [0, 0.1) is 0 Å². The van der Waals surface area contributed by atoms with E-state index in [2.05, 4.69) is 9.80 Å². The van der Waals surface area contributed by atoms with Crippen molar-refractivity contribution in [2.24, 2.45) is 0 Å². The Morgan fingerprint density at radius 2 is 1.85 bits per heavy atom. The molecule has 1 aromatic carbocycles. The van der Waals surface area contributed by atoms with Gasteiger partial charge in [-0.1, -0.05) is 17.7 Å². The van der Waals surface area contributed by atoms with Gasteiger partial charge in [0.25, 0.3) is 0 Å². The van der Waals surface area contributed by atoms with Gasteiger partial charge >= 0.3 is 0 Å². The third-order valence-corrected chi connectivity index (χ3v) is 3.91. The standard InChI is InChI=1S/C15H23ClN2O2/c1-15(2,20)11-17-5-7-18(8-6-17)13-4-3-12(10-19)14(16)9-13/h3-4,9,19-20H,5-8,10-11H2,1-2H3. The third kappa shape index (κ3) is 4.09. The van der Waals surface area contributed by atoms with Crippen molar-refractivity contribution in [2.75, 3.05) is 37.6 Å². The normalized spacial score (nSPS) is 17.6. The lowest BCUT2D eigenvalue weighted by Gasteiger charge is -2.38. The first-order chi connectivity index (χ1) is 9.39. The fraction of sp³-hybridized carbons (Fsp3) is 0.600. The number of aliphatic hydroxyl groups excluding tert-OH is 1. The van der Waals surface area contributed by atoms with Crippen LogP contribution in [0.4, 0.5) is 5.69 Å². The number of halogens is 1. The monoisotopic (exact) mass is 298 g/mol. The maximum absolute atomic E-state index is 9.85. The Morgan fingerprint density at radius 3 is 2.35 bits per heavy atom. The van der Waals surface area contributed by atoms with Crippen LogP contribution in [0.1, 0.15) is 19.4 Å². The molecule has 0 saturated carbocycles. The molecule has 1 aromatic rings. The van der Waals surface area contributed by atoms with Crippen LogP contribution in [0.15, 0.2) is 18.2 Å². The Morgan fingerprint density at radius 1 is 1.20 bits per heavy atom. The topological polar surface area (TPSA) is 46.9 Å². The number of piperazine rings is 1. The Labute approximate surface area is 125 Å². The molecule has 1 fully saturated rings. The van der Waals surface area contributed by atoms with Crippen molar-refractivity contribution < 1.29 is 10.2 Å². The van der Waals surface area contributed by atoms with E-state index >= 15 is 0 Å². The van der Waals surface area contributed by atoms with E-state index in [1.54, 1.807) is 0 Å². The van der Waals surface area contributed by atoms with E-state index in [1.165, 1.54) is 0 Å². The molecule has 2 rings (SSSR count). The molecule has 0 bridgehead atoms. The van der Waals surface area contributed by atoms with Crippen LogP contribution in [0.5, 0.6) is 0 Å². The molecule has 20 heavy (non-hydrogen) atoms. The molecule has 1 saturated heterocycles. The van der Waals surface area contributed by atoms with Gasteiger partial charge in [0.05, 0.1) is 12.2 Å². The van der Waals surface area contributed by atoms with E-state index in [9.17, 15) is 5.11 Å². The molecule has 0 aromatic heterocycles. The van der Waals surface area contributed by atoms with Crippen LogP contribution < -0.4 is 4.90 Å². The number of β-amino-alcohol motifs (C(OH)–C–C–N with tert-alkyl or cyclic N) is 1. The molecule has 1 aliphatic rings. The number of anilines is 1. The fourth-order valence-corrected chi connectivity index (χ4v) is 2.81. The molecule has 1 heterocycles. The van der Waals surface area contributed by atoms with Crippen LogP contribution in [-0.2, 0) is 6.61 Å². The van der Waals surface area contributed by atoms with Crippen LogP contribution in [0.25, 0.3) is 0 Å². The lowest BCUT2D eigenvalue weighted by molar-refractivity contribution is 0.0345. The molecule has 2 N–H and O–H groups in total. The summed E-state index contributed by atoms with van der Waals surface area (Å²) >= 11 is 6.13. The van der Waals surface area contributed by atoms with Gasteiger partial charge in [-0.15, -0.1) is 0 Å². The number of hydrogen-bond acceptors (Lipinski definition) is 4. The van der Waals surface area contributed by atoms with Crippen LogP contribution in [0.3, 0.4) is 0 Å². The van der Waals surface area contributed by atoms with E-state index in [0.29, 0.717) is 11.6 Å². The summed E-state index contributed by atoms with van der Waals surface area (Å²) in [6.45, 7) is 8.06. The molecule has 0 amide bonds. The Kier molecular flexibility index (Phi) is 4.91. The summed E-state index contributed by atoms with van der Waals surface area (Å²) in [6, 6.07) is 5.79.